The SMILES string of the molecule is CC(C)(C)OC(=O)NC[C@H](Cc1ccc(Cl)cc1)NC(=O)c1cc(Br)cs1. The summed E-state index contributed by atoms with van der Waals surface area (Å²) in [4.78, 5) is 25.0. The average molecular weight is 474 g/mol. The van der Waals surface area contributed by atoms with E-state index in [1.54, 1.807) is 39.0 Å². The molecule has 1 aromatic carbocycles. The molecule has 2 aromatic rings. The molecule has 0 bridgehead atoms. The lowest BCUT2D eigenvalue weighted by Gasteiger charge is -2.22. The summed E-state index contributed by atoms with van der Waals surface area (Å²) in [6.07, 6.45) is 0.0300. The Morgan fingerprint density at radius 3 is 2.48 bits per heavy atom. The van der Waals surface area contributed by atoms with E-state index in [0.717, 1.165) is 10.0 Å². The lowest BCUT2D eigenvalue weighted by molar-refractivity contribution is 0.0520. The van der Waals surface area contributed by atoms with Gasteiger partial charge < -0.3 is 15.4 Å². The number of hydrogen-bond donors (Lipinski definition) is 2. The summed E-state index contributed by atoms with van der Waals surface area (Å²) < 4.78 is 6.12. The minimum atomic E-state index is -0.581. The first-order chi connectivity index (χ1) is 12.6. The highest BCUT2D eigenvalue weighted by Crippen LogP contribution is 2.20. The van der Waals surface area contributed by atoms with Crippen LogP contribution < -0.4 is 10.6 Å². The van der Waals surface area contributed by atoms with Crippen molar-refractivity contribution in [3.8, 4) is 0 Å². The molecule has 2 N–H and O–H groups in total. The molecule has 0 aliphatic carbocycles. The maximum absolute atomic E-state index is 12.5. The molecule has 0 aliphatic rings. The van der Waals surface area contributed by atoms with Crippen LogP contribution in [0.5, 0.6) is 0 Å². The maximum atomic E-state index is 12.5. The first-order valence-electron chi connectivity index (χ1n) is 8.38. The third kappa shape index (κ3) is 7.91. The molecule has 1 aromatic heterocycles. The number of carbonyl (C=O) groups excluding carboxylic acids is 2. The highest BCUT2D eigenvalue weighted by atomic mass is 79.9. The van der Waals surface area contributed by atoms with Crippen molar-refractivity contribution in [3.63, 3.8) is 0 Å². The van der Waals surface area contributed by atoms with E-state index in [1.165, 1.54) is 11.3 Å². The Balaban J connectivity index is 2.04. The zero-order valence-electron chi connectivity index (χ0n) is 15.3. The van der Waals surface area contributed by atoms with Gasteiger partial charge in [0.1, 0.15) is 5.60 Å². The van der Waals surface area contributed by atoms with Crippen molar-refractivity contribution in [1.29, 1.82) is 0 Å². The van der Waals surface area contributed by atoms with Gasteiger partial charge in [0.25, 0.3) is 5.91 Å². The quantitative estimate of drug-likeness (QED) is 0.618. The molecule has 8 heteroatoms. The second kappa shape index (κ2) is 9.57. The Bertz CT molecular complexity index is 787. The van der Waals surface area contributed by atoms with Crippen LogP contribution in [0, 0.1) is 0 Å². The topological polar surface area (TPSA) is 67.4 Å². The number of rotatable bonds is 6. The van der Waals surface area contributed by atoms with Gasteiger partial charge in [-0.05, 0) is 66.9 Å². The molecule has 0 saturated carbocycles. The van der Waals surface area contributed by atoms with Crippen LogP contribution in [-0.2, 0) is 11.2 Å². The van der Waals surface area contributed by atoms with Crippen LogP contribution in [0.2, 0.25) is 5.02 Å². The van der Waals surface area contributed by atoms with Crippen molar-refractivity contribution in [2.75, 3.05) is 6.54 Å². The van der Waals surface area contributed by atoms with Crippen molar-refractivity contribution in [2.45, 2.75) is 38.8 Å². The minimum absolute atomic E-state index is 0.185. The number of alkyl carbamates (subject to hydrolysis) is 1. The lowest BCUT2D eigenvalue weighted by atomic mass is 10.1. The van der Waals surface area contributed by atoms with Crippen LogP contribution in [0.4, 0.5) is 4.79 Å². The molecule has 0 saturated heterocycles. The van der Waals surface area contributed by atoms with Gasteiger partial charge in [-0.25, -0.2) is 4.79 Å². The van der Waals surface area contributed by atoms with Gasteiger partial charge in [0, 0.05) is 21.4 Å². The maximum Gasteiger partial charge on any atom is 0.407 e. The first kappa shape index (κ1) is 21.7. The van der Waals surface area contributed by atoms with Crippen LogP contribution in [0.25, 0.3) is 0 Å². The average Bonchev–Trinajstić information content (AvgIpc) is 3.00. The Kier molecular flexibility index (Phi) is 7.70. The minimum Gasteiger partial charge on any atom is -0.444 e. The van der Waals surface area contributed by atoms with Crippen LogP contribution in [0.3, 0.4) is 0 Å². The monoisotopic (exact) mass is 472 g/mol. The number of ether oxygens (including phenoxy) is 1. The predicted molar refractivity (Wildman–Crippen MR) is 113 cm³/mol. The molecule has 0 fully saturated rings. The molecular weight excluding hydrogens is 452 g/mol. The number of nitrogens with one attached hydrogen (secondary N) is 2. The molecule has 2 rings (SSSR count). The Labute approximate surface area is 176 Å². The van der Waals surface area contributed by atoms with Gasteiger partial charge in [-0.1, -0.05) is 23.7 Å². The number of carbonyl (C=O) groups is 2. The largest absolute Gasteiger partial charge is 0.444 e. The zero-order valence-corrected chi connectivity index (χ0v) is 18.5. The van der Waals surface area contributed by atoms with Gasteiger partial charge in [0.05, 0.1) is 10.9 Å². The smallest absolute Gasteiger partial charge is 0.407 e. The Hall–Kier alpha value is -1.57. The summed E-state index contributed by atoms with van der Waals surface area (Å²) in [6.45, 7) is 5.65. The molecule has 1 heterocycles. The molecule has 0 spiro atoms. The Morgan fingerprint density at radius 1 is 1.26 bits per heavy atom. The third-order valence-corrected chi connectivity index (χ3v) is 5.36. The molecular formula is C19H22BrClN2O3S. The van der Waals surface area contributed by atoms with E-state index < -0.39 is 11.7 Å². The van der Waals surface area contributed by atoms with Gasteiger partial charge in [-0.2, -0.15) is 0 Å². The molecule has 0 unspecified atom stereocenters. The van der Waals surface area contributed by atoms with E-state index in [0.29, 0.717) is 16.3 Å². The molecule has 1 atom stereocenters. The fraction of sp³-hybridized carbons (Fsp3) is 0.368. The van der Waals surface area contributed by atoms with Gasteiger partial charge >= 0.3 is 6.09 Å². The number of hydrogen-bond acceptors (Lipinski definition) is 4. The van der Waals surface area contributed by atoms with E-state index in [-0.39, 0.29) is 18.5 Å². The molecule has 0 radical (unpaired) electrons. The first-order valence-corrected chi connectivity index (χ1v) is 10.4. The van der Waals surface area contributed by atoms with Crippen LogP contribution in [0.1, 0.15) is 36.0 Å². The molecule has 5 nitrogen and oxygen atoms in total. The fourth-order valence-corrected chi connectivity index (χ4v) is 3.74. The van der Waals surface area contributed by atoms with Crippen molar-refractivity contribution < 1.29 is 14.3 Å². The molecule has 0 aliphatic heterocycles. The number of benzene rings is 1. The highest BCUT2D eigenvalue weighted by molar-refractivity contribution is 9.10. The molecule has 2 amide bonds. The summed E-state index contributed by atoms with van der Waals surface area (Å²) in [5.74, 6) is -0.185. The summed E-state index contributed by atoms with van der Waals surface area (Å²) in [7, 11) is 0. The van der Waals surface area contributed by atoms with Crippen molar-refractivity contribution in [3.05, 3.63) is 55.6 Å². The summed E-state index contributed by atoms with van der Waals surface area (Å²) in [5, 5.41) is 8.20. The van der Waals surface area contributed by atoms with E-state index in [4.69, 9.17) is 16.3 Å². The summed E-state index contributed by atoms with van der Waals surface area (Å²) in [5.41, 5.74) is 0.422. The molecule has 146 valence electrons. The van der Waals surface area contributed by atoms with Gasteiger partial charge in [-0.15, -0.1) is 11.3 Å². The molecule has 27 heavy (non-hydrogen) atoms. The predicted octanol–water partition coefficient (Wildman–Crippen LogP) is 5.03. The lowest BCUT2D eigenvalue weighted by Crippen LogP contribution is -2.45. The van der Waals surface area contributed by atoms with Crippen molar-refractivity contribution in [1.82, 2.24) is 10.6 Å². The standard InChI is InChI=1S/C19H22BrClN2O3S/c1-19(2,3)26-18(25)22-10-15(8-12-4-6-14(21)7-5-12)23-17(24)16-9-13(20)11-27-16/h4-7,9,11,15H,8,10H2,1-3H3,(H,22,25)(H,23,24)/t15-/m0/s1. The van der Waals surface area contributed by atoms with Gasteiger partial charge in [0.2, 0.25) is 0 Å². The van der Waals surface area contributed by atoms with Crippen LogP contribution >= 0.6 is 38.9 Å². The Morgan fingerprint density at radius 2 is 1.93 bits per heavy atom. The number of amides is 2. The normalized spacial score (nSPS) is 12.3. The second-order valence-corrected chi connectivity index (χ2v) is 9.28. The number of halogens is 2. The second-order valence-electron chi connectivity index (χ2n) is 7.01. The van der Waals surface area contributed by atoms with E-state index in [1.807, 2.05) is 17.5 Å². The highest BCUT2D eigenvalue weighted by Gasteiger charge is 2.20. The van der Waals surface area contributed by atoms with Crippen molar-refractivity contribution in [2.24, 2.45) is 0 Å². The van der Waals surface area contributed by atoms with E-state index in [2.05, 4.69) is 26.6 Å². The van der Waals surface area contributed by atoms with E-state index >= 15 is 0 Å². The van der Waals surface area contributed by atoms with E-state index in [9.17, 15) is 9.59 Å². The van der Waals surface area contributed by atoms with Crippen LogP contribution in [0.15, 0.2) is 40.2 Å². The van der Waals surface area contributed by atoms with Gasteiger partial charge in [0.15, 0.2) is 0 Å². The third-order valence-electron chi connectivity index (χ3n) is 3.41. The zero-order chi connectivity index (χ0) is 20.0. The summed E-state index contributed by atoms with van der Waals surface area (Å²) in [6, 6.07) is 8.86. The fourth-order valence-electron chi connectivity index (χ4n) is 2.29. The summed E-state index contributed by atoms with van der Waals surface area (Å²) >= 11 is 10.6. The van der Waals surface area contributed by atoms with Gasteiger partial charge in [-0.3, -0.25) is 4.79 Å². The van der Waals surface area contributed by atoms with Crippen LogP contribution in [-0.4, -0.2) is 30.2 Å². The number of thiophene rings is 1. The van der Waals surface area contributed by atoms with Crippen molar-refractivity contribution >= 4 is 50.9 Å².